The zero-order valence-corrected chi connectivity index (χ0v) is 15.8. The zero-order valence-electron chi connectivity index (χ0n) is 13.1. The van der Waals surface area contributed by atoms with Gasteiger partial charge in [0.25, 0.3) is 0 Å². The zero-order chi connectivity index (χ0) is 14.2. The first-order valence-electron chi connectivity index (χ1n) is 7.61. The highest BCUT2D eigenvalue weighted by Gasteiger charge is 2.48. The van der Waals surface area contributed by atoms with E-state index < -0.39 is 8.32 Å². The molecule has 0 aromatic heterocycles. The Morgan fingerprint density at radius 3 is 2.67 bits per heavy atom. The molecule has 1 fully saturated rings. The molecule has 2 aliphatic rings. The van der Waals surface area contributed by atoms with E-state index in [-0.39, 0.29) is 18.0 Å². The largest absolute Gasteiger partial charge is 1.00 e. The van der Waals surface area contributed by atoms with E-state index in [4.69, 9.17) is 4.43 Å². The molecule has 0 amide bonds. The molecule has 4 heteroatoms. The molecule has 1 aromatic rings. The van der Waals surface area contributed by atoms with Crippen LogP contribution in [0.2, 0.25) is 19.6 Å². The first-order chi connectivity index (χ1) is 9.51. The fourth-order valence-electron chi connectivity index (χ4n) is 3.58. The Morgan fingerprint density at radius 1 is 1.24 bits per heavy atom. The van der Waals surface area contributed by atoms with Gasteiger partial charge in [-0.25, -0.2) is 0 Å². The van der Waals surface area contributed by atoms with E-state index >= 15 is 0 Å². The van der Waals surface area contributed by atoms with Gasteiger partial charge in [0.15, 0.2) is 8.32 Å². The lowest BCUT2D eigenvalue weighted by Gasteiger charge is -2.44. The summed E-state index contributed by atoms with van der Waals surface area (Å²) in [5.41, 5.74) is 2.74. The van der Waals surface area contributed by atoms with E-state index in [2.05, 4.69) is 56.1 Å². The van der Waals surface area contributed by atoms with Gasteiger partial charge in [-0.2, -0.15) is 0 Å². The highest BCUT2D eigenvalue weighted by molar-refractivity contribution is 7.78. The molecule has 3 rings (SSSR count). The first-order valence-corrected chi connectivity index (χ1v) is 12.3. The third-order valence-corrected chi connectivity index (χ3v) is 6.52. The van der Waals surface area contributed by atoms with Crippen molar-refractivity contribution in [3.63, 3.8) is 0 Å². The van der Waals surface area contributed by atoms with Crippen molar-refractivity contribution in [1.82, 2.24) is 0 Å². The van der Waals surface area contributed by atoms with Crippen LogP contribution in [0.3, 0.4) is 0 Å². The molecular formula is C17H25ClOSSi. The second-order valence-corrected chi connectivity index (χ2v) is 12.6. The monoisotopic (exact) mass is 340 g/mol. The Labute approximate surface area is 140 Å². The molecule has 0 N–H and O–H groups in total. The maximum atomic E-state index is 6.86. The lowest BCUT2D eigenvalue weighted by atomic mass is 9.74. The molecular weight excluding hydrogens is 316 g/mol. The van der Waals surface area contributed by atoms with Crippen LogP contribution in [-0.2, 0) is 21.8 Å². The van der Waals surface area contributed by atoms with Crippen molar-refractivity contribution in [2.75, 3.05) is 11.5 Å². The van der Waals surface area contributed by atoms with Crippen LogP contribution in [0, 0.1) is 5.92 Å². The molecule has 1 nitrogen and oxygen atoms in total. The predicted molar refractivity (Wildman–Crippen MR) is 92.8 cm³/mol. The van der Waals surface area contributed by atoms with Crippen molar-refractivity contribution in [3.8, 4) is 0 Å². The number of hydrogen-bond acceptors (Lipinski definition) is 1. The lowest BCUT2D eigenvalue weighted by molar-refractivity contribution is -0.0000445. The summed E-state index contributed by atoms with van der Waals surface area (Å²) in [7, 11) is -1.59. The molecule has 2 unspecified atom stereocenters. The summed E-state index contributed by atoms with van der Waals surface area (Å²) in [5, 5.41) is 0. The normalized spacial score (nSPS) is 28.0. The van der Waals surface area contributed by atoms with Gasteiger partial charge in [-0.05, 0) is 49.0 Å². The van der Waals surface area contributed by atoms with Crippen LogP contribution in [-0.4, -0.2) is 19.8 Å². The number of thiol groups is 1. The van der Waals surface area contributed by atoms with Gasteiger partial charge in [0.2, 0.25) is 0 Å². The van der Waals surface area contributed by atoms with Gasteiger partial charge >= 0.3 is 0 Å². The van der Waals surface area contributed by atoms with E-state index in [0.29, 0.717) is 5.92 Å². The number of rotatable bonds is 3. The van der Waals surface area contributed by atoms with Crippen LogP contribution in [0.4, 0.5) is 0 Å². The van der Waals surface area contributed by atoms with Gasteiger partial charge < -0.3 is 16.8 Å². The van der Waals surface area contributed by atoms with Gasteiger partial charge in [-0.15, -0.1) is 0 Å². The minimum Gasteiger partial charge on any atom is -1.00 e. The van der Waals surface area contributed by atoms with Crippen molar-refractivity contribution in [3.05, 3.63) is 41.5 Å². The minimum absolute atomic E-state index is 0. The number of benzene rings is 1. The summed E-state index contributed by atoms with van der Waals surface area (Å²) in [6.45, 7) is 6.97. The average molecular weight is 341 g/mol. The predicted octanol–water partition coefficient (Wildman–Crippen LogP) is 0.989. The molecule has 2 atom stereocenters. The van der Waals surface area contributed by atoms with Crippen molar-refractivity contribution in [1.29, 1.82) is 0 Å². The molecule has 1 aliphatic carbocycles. The highest BCUT2D eigenvalue weighted by Crippen LogP contribution is 2.47. The Bertz CT molecular complexity index is 520. The van der Waals surface area contributed by atoms with Gasteiger partial charge in [0.05, 0.1) is 5.60 Å². The summed E-state index contributed by atoms with van der Waals surface area (Å²) in [6, 6.07) is 8.85. The summed E-state index contributed by atoms with van der Waals surface area (Å²) >= 11 is 1.61. The average Bonchev–Trinajstić information content (AvgIpc) is 2.91. The van der Waals surface area contributed by atoms with Crippen LogP contribution in [0.15, 0.2) is 30.3 Å². The smallest absolute Gasteiger partial charge is 0.185 e. The maximum absolute atomic E-state index is 6.86. The highest BCUT2D eigenvalue weighted by atomic mass is 35.5. The van der Waals surface area contributed by atoms with Crippen LogP contribution in [0.1, 0.15) is 24.0 Å². The molecule has 0 saturated carbocycles. The Balaban J connectivity index is 0.00000161. The lowest BCUT2D eigenvalue weighted by Crippen LogP contribution is -3.00. The fraction of sp³-hybridized carbons (Fsp3) is 0.529. The molecule has 116 valence electrons. The van der Waals surface area contributed by atoms with Crippen molar-refractivity contribution >= 4 is 26.2 Å². The summed E-state index contributed by atoms with van der Waals surface area (Å²) in [6.07, 6.45) is 6.97. The molecule has 0 spiro atoms. The molecule has 1 aliphatic heterocycles. The molecule has 0 radical (unpaired) electrons. The van der Waals surface area contributed by atoms with Gasteiger partial charge in [0.1, 0.15) is 11.5 Å². The number of hydrogen-bond donors (Lipinski definition) is 0. The molecule has 1 saturated heterocycles. The second kappa shape index (κ2) is 6.49. The van der Waals surface area contributed by atoms with E-state index in [1.54, 1.807) is 11.8 Å². The van der Waals surface area contributed by atoms with Gasteiger partial charge in [-0.3, -0.25) is 0 Å². The molecule has 21 heavy (non-hydrogen) atoms. The van der Waals surface area contributed by atoms with Crippen LogP contribution >= 0.6 is 0 Å². The Hall–Kier alpha value is -0.223. The van der Waals surface area contributed by atoms with E-state index in [9.17, 15) is 0 Å². The summed E-state index contributed by atoms with van der Waals surface area (Å²) in [4.78, 5) is 0. The Morgan fingerprint density at radius 2 is 2.00 bits per heavy atom. The summed E-state index contributed by atoms with van der Waals surface area (Å²) < 4.78 is 6.86. The number of halogens is 1. The first kappa shape index (κ1) is 17.1. The van der Waals surface area contributed by atoms with Crippen molar-refractivity contribution in [2.45, 2.75) is 38.1 Å². The van der Waals surface area contributed by atoms with E-state index in [0.717, 1.165) is 6.42 Å². The van der Waals surface area contributed by atoms with E-state index in [1.807, 2.05) is 0 Å². The quantitative estimate of drug-likeness (QED) is 0.453. The molecule has 1 aromatic carbocycles. The summed E-state index contributed by atoms with van der Waals surface area (Å²) in [5.74, 6) is 3.32. The van der Waals surface area contributed by atoms with Crippen molar-refractivity contribution < 1.29 is 16.8 Å². The third-order valence-electron chi connectivity index (χ3n) is 4.27. The maximum Gasteiger partial charge on any atom is 0.185 e. The van der Waals surface area contributed by atoms with E-state index in [1.165, 1.54) is 29.1 Å². The van der Waals surface area contributed by atoms with Crippen LogP contribution in [0.5, 0.6) is 0 Å². The van der Waals surface area contributed by atoms with Crippen molar-refractivity contribution in [2.24, 2.45) is 5.92 Å². The molecule has 0 bridgehead atoms. The van der Waals surface area contributed by atoms with Gasteiger partial charge in [-0.1, -0.05) is 36.4 Å². The minimum atomic E-state index is -1.59. The fourth-order valence-corrected chi connectivity index (χ4v) is 6.50. The molecule has 1 heterocycles. The standard InChI is InChI=1S/C17H24OSSi.ClH/c1-20(2,3)18-17(15-10-12-19-13-15)11-6-8-14-7-4-5-9-16(14)17;/h4-9,15H,10-13H2,1-3H3;1H. The SMILES string of the molecule is C[Si](C)(C)OC1(C2CC[SH+]C2)CC=Cc2ccccc21.[Cl-]. The van der Waals surface area contributed by atoms with Gasteiger partial charge in [0, 0.05) is 12.3 Å². The topological polar surface area (TPSA) is 9.23 Å². The van der Waals surface area contributed by atoms with Crippen LogP contribution in [0.25, 0.3) is 6.08 Å². The number of fused-ring (bicyclic) bond motifs is 1. The Kier molecular flexibility index (Phi) is 5.30. The second-order valence-electron chi connectivity index (χ2n) is 6.91. The third kappa shape index (κ3) is 3.42. The van der Waals surface area contributed by atoms with Crippen LogP contribution < -0.4 is 12.4 Å².